The molecule has 0 saturated heterocycles. The molecule has 4 atom stereocenters. The molecule has 3 aliphatic carbocycles. The normalized spacial score (nSPS) is 30.3. The zero-order chi connectivity index (χ0) is 16.3. The lowest BCUT2D eigenvalue weighted by Crippen LogP contribution is -2.47. The van der Waals surface area contributed by atoms with E-state index in [0.29, 0.717) is 11.8 Å². The third-order valence-corrected chi connectivity index (χ3v) is 6.44. The quantitative estimate of drug-likeness (QED) is 0.913. The van der Waals surface area contributed by atoms with E-state index in [2.05, 4.69) is 53.8 Å². The third-order valence-electron chi connectivity index (χ3n) is 6.44. The summed E-state index contributed by atoms with van der Waals surface area (Å²) in [7, 11) is 0. The van der Waals surface area contributed by atoms with E-state index in [4.69, 9.17) is 5.73 Å². The Morgan fingerprint density at radius 2 is 1.50 bits per heavy atom. The van der Waals surface area contributed by atoms with Crippen molar-refractivity contribution in [2.75, 3.05) is 0 Å². The Morgan fingerprint density at radius 3 is 2.12 bits per heavy atom. The largest absolute Gasteiger partial charge is 0.369 e. The van der Waals surface area contributed by atoms with E-state index in [1.54, 1.807) is 0 Å². The molecule has 122 valence electrons. The SMILES string of the molecule is NC(=O)[C@H]1[C@H]2CC[C@@H](C2)[C@H]1NC1c2ccccc2-c2ccccc21. The van der Waals surface area contributed by atoms with Crippen LogP contribution in [0.2, 0.25) is 0 Å². The number of fused-ring (bicyclic) bond motifs is 5. The van der Waals surface area contributed by atoms with Gasteiger partial charge in [0.1, 0.15) is 0 Å². The predicted molar refractivity (Wildman–Crippen MR) is 94.2 cm³/mol. The van der Waals surface area contributed by atoms with Gasteiger partial charge >= 0.3 is 0 Å². The van der Waals surface area contributed by atoms with Gasteiger partial charge in [-0.15, -0.1) is 0 Å². The summed E-state index contributed by atoms with van der Waals surface area (Å²) in [5.41, 5.74) is 11.0. The van der Waals surface area contributed by atoms with Crippen LogP contribution in [0.5, 0.6) is 0 Å². The Morgan fingerprint density at radius 1 is 0.917 bits per heavy atom. The van der Waals surface area contributed by atoms with E-state index in [0.717, 1.165) is 12.8 Å². The van der Waals surface area contributed by atoms with Crippen LogP contribution >= 0.6 is 0 Å². The number of primary amides is 1. The monoisotopic (exact) mass is 318 g/mol. The lowest BCUT2D eigenvalue weighted by molar-refractivity contribution is -0.124. The summed E-state index contributed by atoms with van der Waals surface area (Å²) in [6.45, 7) is 0. The van der Waals surface area contributed by atoms with Gasteiger partial charge in [-0.3, -0.25) is 4.79 Å². The maximum absolute atomic E-state index is 12.0. The molecule has 3 aliphatic rings. The van der Waals surface area contributed by atoms with Crippen molar-refractivity contribution in [1.82, 2.24) is 5.32 Å². The molecule has 0 aliphatic heterocycles. The van der Waals surface area contributed by atoms with E-state index in [9.17, 15) is 4.79 Å². The van der Waals surface area contributed by atoms with Crippen molar-refractivity contribution in [1.29, 1.82) is 0 Å². The van der Waals surface area contributed by atoms with E-state index in [1.807, 2.05) is 0 Å². The Hall–Kier alpha value is -2.13. The van der Waals surface area contributed by atoms with Crippen molar-refractivity contribution >= 4 is 5.91 Å². The van der Waals surface area contributed by atoms with Gasteiger partial charge in [-0.25, -0.2) is 0 Å². The van der Waals surface area contributed by atoms with Crippen LogP contribution in [0.1, 0.15) is 36.4 Å². The third kappa shape index (κ3) is 1.91. The molecule has 2 aromatic carbocycles. The number of amides is 1. The molecule has 2 bridgehead atoms. The molecule has 0 spiro atoms. The minimum absolute atomic E-state index is 0.0105. The van der Waals surface area contributed by atoms with Gasteiger partial charge in [-0.1, -0.05) is 48.5 Å². The van der Waals surface area contributed by atoms with Gasteiger partial charge in [0.15, 0.2) is 0 Å². The van der Waals surface area contributed by atoms with Crippen LogP contribution < -0.4 is 11.1 Å². The van der Waals surface area contributed by atoms with Gasteiger partial charge in [0, 0.05) is 6.04 Å². The van der Waals surface area contributed by atoms with Crippen LogP contribution in [0.4, 0.5) is 0 Å². The van der Waals surface area contributed by atoms with E-state index in [-0.39, 0.29) is 23.9 Å². The molecule has 24 heavy (non-hydrogen) atoms. The number of hydrogen-bond acceptors (Lipinski definition) is 2. The molecule has 1 amide bonds. The number of carbonyl (C=O) groups is 1. The number of benzene rings is 2. The van der Waals surface area contributed by atoms with Crippen LogP contribution in [0.25, 0.3) is 11.1 Å². The number of rotatable bonds is 3. The lowest BCUT2D eigenvalue weighted by atomic mass is 9.83. The van der Waals surface area contributed by atoms with Crippen molar-refractivity contribution in [3.63, 3.8) is 0 Å². The second kappa shape index (κ2) is 5.18. The molecule has 0 unspecified atom stereocenters. The Bertz CT molecular complexity index is 769. The molecule has 0 heterocycles. The zero-order valence-electron chi connectivity index (χ0n) is 13.6. The van der Waals surface area contributed by atoms with Gasteiger partial charge in [-0.2, -0.15) is 0 Å². The fraction of sp³-hybridized carbons (Fsp3) is 0.381. The first-order valence-corrected chi connectivity index (χ1v) is 8.97. The summed E-state index contributed by atoms with van der Waals surface area (Å²) in [6.07, 6.45) is 3.54. The summed E-state index contributed by atoms with van der Waals surface area (Å²) >= 11 is 0. The van der Waals surface area contributed by atoms with E-state index in [1.165, 1.54) is 28.7 Å². The molecule has 2 fully saturated rings. The number of carbonyl (C=O) groups excluding carboxylic acids is 1. The fourth-order valence-electron chi connectivity index (χ4n) is 5.47. The highest BCUT2D eigenvalue weighted by atomic mass is 16.1. The molecule has 2 aromatic rings. The smallest absolute Gasteiger partial charge is 0.222 e. The Labute approximate surface area is 142 Å². The van der Waals surface area contributed by atoms with Gasteiger partial charge in [0.2, 0.25) is 5.91 Å². The molecule has 3 N–H and O–H groups in total. The molecule has 3 heteroatoms. The van der Waals surface area contributed by atoms with E-state index >= 15 is 0 Å². The second-order valence-electron chi connectivity index (χ2n) is 7.56. The maximum Gasteiger partial charge on any atom is 0.222 e. The van der Waals surface area contributed by atoms with Crippen LogP contribution in [-0.4, -0.2) is 11.9 Å². The van der Waals surface area contributed by atoms with Crippen molar-refractivity contribution in [2.24, 2.45) is 23.5 Å². The number of nitrogens with two attached hydrogens (primary N) is 1. The van der Waals surface area contributed by atoms with Gasteiger partial charge in [0.05, 0.1) is 12.0 Å². The molecule has 0 aromatic heterocycles. The van der Waals surface area contributed by atoms with Crippen molar-refractivity contribution in [3.8, 4) is 11.1 Å². The topological polar surface area (TPSA) is 55.1 Å². The fourth-order valence-corrected chi connectivity index (χ4v) is 5.47. The predicted octanol–water partition coefficient (Wildman–Crippen LogP) is 3.25. The average Bonchev–Trinajstić information content (AvgIpc) is 3.28. The molecule has 0 radical (unpaired) electrons. The first kappa shape index (κ1) is 14.2. The Balaban J connectivity index is 1.54. The molecule has 2 saturated carbocycles. The highest BCUT2D eigenvalue weighted by Crippen LogP contribution is 2.51. The van der Waals surface area contributed by atoms with Gasteiger partial charge < -0.3 is 11.1 Å². The highest BCUT2D eigenvalue weighted by molar-refractivity contribution is 5.80. The summed E-state index contributed by atoms with van der Waals surface area (Å²) < 4.78 is 0. The number of hydrogen-bond donors (Lipinski definition) is 2. The summed E-state index contributed by atoms with van der Waals surface area (Å²) in [4.78, 5) is 12.0. The van der Waals surface area contributed by atoms with Crippen molar-refractivity contribution in [3.05, 3.63) is 59.7 Å². The lowest BCUT2D eigenvalue weighted by Gasteiger charge is -2.32. The summed E-state index contributed by atoms with van der Waals surface area (Å²) in [6, 6.07) is 17.6. The summed E-state index contributed by atoms with van der Waals surface area (Å²) in [5.74, 6) is 0.937. The van der Waals surface area contributed by atoms with E-state index < -0.39 is 0 Å². The second-order valence-corrected chi connectivity index (χ2v) is 7.56. The van der Waals surface area contributed by atoms with Crippen LogP contribution in [0.3, 0.4) is 0 Å². The van der Waals surface area contributed by atoms with Gasteiger partial charge in [-0.05, 0) is 53.4 Å². The molecular weight excluding hydrogens is 296 g/mol. The molecular formula is C21H22N2O. The highest BCUT2D eigenvalue weighted by Gasteiger charge is 2.51. The maximum atomic E-state index is 12.0. The van der Waals surface area contributed by atoms with Crippen molar-refractivity contribution in [2.45, 2.75) is 31.3 Å². The van der Waals surface area contributed by atoms with Gasteiger partial charge in [0.25, 0.3) is 0 Å². The first-order chi connectivity index (χ1) is 11.7. The van der Waals surface area contributed by atoms with Crippen LogP contribution in [0.15, 0.2) is 48.5 Å². The standard InChI is InChI=1S/C21H22N2O/c22-21(24)18-12-9-10-13(11-12)19(18)23-20-16-7-3-1-5-14(16)15-6-2-4-8-17(15)20/h1-8,12-13,18-20,23H,9-11H2,(H2,22,24)/t12-,13-,18-,19+/m0/s1. The molecule has 3 nitrogen and oxygen atoms in total. The van der Waals surface area contributed by atoms with Crippen LogP contribution in [-0.2, 0) is 4.79 Å². The minimum atomic E-state index is -0.126. The Kier molecular flexibility index (Phi) is 3.07. The zero-order valence-corrected chi connectivity index (χ0v) is 13.6. The number of nitrogens with one attached hydrogen (secondary N) is 1. The van der Waals surface area contributed by atoms with Crippen LogP contribution in [0, 0.1) is 17.8 Å². The average molecular weight is 318 g/mol. The summed E-state index contributed by atoms with van der Waals surface area (Å²) in [5, 5.41) is 3.85. The first-order valence-electron chi connectivity index (χ1n) is 8.97. The minimum Gasteiger partial charge on any atom is -0.369 e. The molecule has 5 rings (SSSR count). The van der Waals surface area contributed by atoms with Crippen molar-refractivity contribution < 1.29 is 4.79 Å².